The number of carbonyl (C=O) groups is 3. The maximum Gasteiger partial charge on any atom is 0.243 e. The first kappa shape index (κ1) is 14.1. The van der Waals surface area contributed by atoms with Crippen molar-refractivity contribution in [2.24, 2.45) is 0 Å². The number of hydrogen-bond acceptors (Lipinski definition) is 5. The maximum absolute atomic E-state index is 13.1. The normalized spacial score (nSPS) is 19.8. The van der Waals surface area contributed by atoms with Gasteiger partial charge in [0.25, 0.3) is 0 Å². The molecule has 1 atom stereocenters. The van der Waals surface area contributed by atoms with Crippen molar-refractivity contribution in [3.63, 3.8) is 0 Å². The van der Waals surface area contributed by atoms with Crippen molar-refractivity contribution < 1.29 is 23.9 Å². The third-order valence-electron chi connectivity index (χ3n) is 3.14. The molecule has 0 aliphatic carbocycles. The van der Waals surface area contributed by atoms with Crippen LogP contribution < -0.4 is 5.32 Å². The van der Waals surface area contributed by atoms with Gasteiger partial charge in [0.15, 0.2) is 5.78 Å². The number of amides is 2. The lowest BCUT2D eigenvalue weighted by molar-refractivity contribution is -0.139. The van der Waals surface area contributed by atoms with Gasteiger partial charge in [0, 0.05) is 0 Å². The number of nitrogens with zero attached hydrogens (tertiary/aromatic N) is 1. The zero-order chi connectivity index (χ0) is 14.9. The zero-order valence-corrected chi connectivity index (χ0v) is 10.7. The van der Waals surface area contributed by atoms with E-state index in [0.717, 1.165) is 18.2 Å². The summed E-state index contributed by atoms with van der Waals surface area (Å²) >= 11 is 0. The van der Waals surface area contributed by atoms with E-state index in [0.29, 0.717) is 0 Å². The van der Waals surface area contributed by atoms with Crippen LogP contribution in [0.4, 0.5) is 4.39 Å². The summed E-state index contributed by atoms with van der Waals surface area (Å²) in [5.41, 5.74) is -0.171. The van der Waals surface area contributed by atoms with Gasteiger partial charge in [-0.3, -0.25) is 24.6 Å². The monoisotopic (exact) mass is 280 g/mol. The van der Waals surface area contributed by atoms with Crippen molar-refractivity contribution in [1.82, 2.24) is 10.2 Å². The van der Waals surface area contributed by atoms with Crippen molar-refractivity contribution in [3.05, 3.63) is 29.6 Å². The van der Waals surface area contributed by atoms with Crippen LogP contribution in [0.5, 0.6) is 5.75 Å². The largest absolute Gasteiger partial charge is 0.507 e. The number of nitrogens with one attached hydrogen (secondary N) is 1. The number of halogens is 1. The van der Waals surface area contributed by atoms with Gasteiger partial charge in [0.2, 0.25) is 11.8 Å². The Hall–Kier alpha value is -2.28. The average molecular weight is 280 g/mol. The van der Waals surface area contributed by atoms with Gasteiger partial charge in [0.1, 0.15) is 11.6 Å². The van der Waals surface area contributed by atoms with Crippen LogP contribution in [-0.4, -0.2) is 46.7 Å². The van der Waals surface area contributed by atoms with E-state index < -0.39 is 29.5 Å². The number of phenols is 1. The Bertz CT molecular complexity index is 588. The van der Waals surface area contributed by atoms with Gasteiger partial charge < -0.3 is 5.11 Å². The summed E-state index contributed by atoms with van der Waals surface area (Å²) in [6.07, 6.45) is 0. The van der Waals surface area contributed by atoms with E-state index in [9.17, 15) is 23.9 Å². The molecule has 1 heterocycles. The number of rotatable bonds is 3. The number of imide groups is 1. The van der Waals surface area contributed by atoms with Crippen LogP contribution in [0, 0.1) is 5.82 Å². The van der Waals surface area contributed by atoms with E-state index >= 15 is 0 Å². The Morgan fingerprint density at radius 2 is 2.20 bits per heavy atom. The second kappa shape index (κ2) is 5.38. The highest BCUT2D eigenvalue weighted by Gasteiger charge is 2.31. The molecule has 0 radical (unpaired) electrons. The van der Waals surface area contributed by atoms with Gasteiger partial charge in [-0.25, -0.2) is 4.39 Å². The van der Waals surface area contributed by atoms with Crippen LogP contribution in [0.25, 0.3) is 0 Å². The van der Waals surface area contributed by atoms with E-state index in [1.54, 1.807) is 6.92 Å². The minimum Gasteiger partial charge on any atom is -0.507 e. The second-order valence-corrected chi connectivity index (χ2v) is 4.58. The molecule has 0 aromatic heterocycles. The standard InChI is InChI=1S/C13H13FN2O4/c1-7-13(20)15-12(19)6-16(7)5-11(18)9-4-8(14)2-3-10(9)17/h2-4,7,17H,5-6H2,1H3,(H,15,19,20). The van der Waals surface area contributed by atoms with Gasteiger partial charge in [-0.2, -0.15) is 0 Å². The fraction of sp³-hybridized carbons (Fsp3) is 0.308. The molecule has 2 rings (SSSR count). The molecule has 1 fully saturated rings. The van der Waals surface area contributed by atoms with Gasteiger partial charge >= 0.3 is 0 Å². The highest BCUT2D eigenvalue weighted by molar-refractivity contribution is 6.03. The molecule has 1 unspecified atom stereocenters. The van der Waals surface area contributed by atoms with Crippen molar-refractivity contribution in [2.45, 2.75) is 13.0 Å². The Morgan fingerprint density at radius 3 is 2.90 bits per heavy atom. The first-order valence-corrected chi connectivity index (χ1v) is 5.98. The minimum absolute atomic E-state index is 0.102. The van der Waals surface area contributed by atoms with Crippen LogP contribution in [0.3, 0.4) is 0 Å². The average Bonchev–Trinajstić information content (AvgIpc) is 2.38. The molecule has 2 N–H and O–H groups in total. The van der Waals surface area contributed by atoms with E-state index in [-0.39, 0.29) is 24.4 Å². The van der Waals surface area contributed by atoms with E-state index in [2.05, 4.69) is 5.32 Å². The van der Waals surface area contributed by atoms with Crippen molar-refractivity contribution in [2.75, 3.05) is 13.1 Å². The smallest absolute Gasteiger partial charge is 0.243 e. The summed E-state index contributed by atoms with van der Waals surface area (Å²) in [6.45, 7) is 1.20. The summed E-state index contributed by atoms with van der Waals surface area (Å²) in [4.78, 5) is 36.1. The van der Waals surface area contributed by atoms with E-state index in [1.807, 2.05) is 0 Å². The molecule has 1 saturated heterocycles. The van der Waals surface area contributed by atoms with Gasteiger partial charge in [0.05, 0.1) is 24.7 Å². The molecular weight excluding hydrogens is 267 g/mol. The molecule has 7 heteroatoms. The number of benzene rings is 1. The highest BCUT2D eigenvalue weighted by atomic mass is 19.1. The number of piperazine rings is 1. The van der Waals surface area contributed by atoms with E-state index in [1.165, 1.54) is 4.90 Å². The molecular formula is C13H13FN2O4. The lowest BCUT2D eigenvalue weighted by Crippen LogP contribution is -2.57. The number of ketones is 1. The summed E-state index contributed by atoms with van der Waals surface area (Å²) in [7, 11) is 0. The fourth-order valence-corrected chi connectivity index (χ4v) is 1.96. The summed E-state index contributed by atoms with van der Waals surface area (Å²) in [6, 6.07) is 2.40. The molecule has 2 amide bonds. The third kappa shape index (κ3) is 2.83. The quantitative estimate of drug-likeness (QED) is 0.604. The van der Waals surface area contributed by atoms with Crippen molar-refractivity contribution >= 4 is 17.6 Å². The predicted molar refractivity (Wildman–Crippen MR) is 66.6 cm³/mol. The molecule has 1 aliphatic rings. The van der Waals surface area contributed by atoms with Crippen molar-refractivity contribution in [1.29, 1.82) is 0 Å². The molecule has 20 heavy (non-hydrogen) atoms. The number of phenolic OH excluding ortho intramolecular Hbond substituents is 1. The number of carbonyl (C=O) groups excluding carboxylic acids is 3. The van der Waals surface area contributed by atoms with Gasteiger partial charge in [-0.05, 0) is 25.1 Å². The van der Waals surface area contributed by atoms with E-state index in [4.69, 9.17) is 0 Å². The second-order valence-electron chi connectivity index (χ2n) is 4.58. The Balaban J connectivity index is 2.16. The lowest BCUT2D eigenvalue weighted by atomic mass is 10.1. The molecule has 1 aromatic carbocycles. The Labute approximate surface area is 114 Å². The highest BCUT2D eigenvalue weighted by Crippen LogP contribution is 2.19. The van der Waals surface area contributed by atoms with Crippen LogP contribution >= 0.6 is 0 Å². The number of aromatic hydroxyl groups is 1. The van der Waals surface area contributed by atoms with Gasteiger partial charge in [-0.15, -0.1) is 0 Å². The Kier molecular flexibility index (Phi) is 3.80. The topological polar surface area (TPSA) is 86.7 Å². The summed E-state index contributed by atoms with van der Waals surface area (Å²) in [5.74, 6) is -2.53. The molecule has 0 spiro atoms. The molecule has 1 aromatic rings. The predicted octanol–water partition coefficient (Wildman–Crippen LogP) is 0.0609. The van der Waals surface area contributed by atoms with Gasteiger partial charge in [-0.1, -0.05) is 0 Å². The maximum atomic E-state index is 13.1. The lowest BCUT2D eigenvalue weighted by Gasteiger charge is -2.30. The molecule has 106 valence electrons. The zero-order valence-electron chi connectivity index (χ0n) is 10.7. The van der Waals surface area contributed by atoms with Crippen LogP contribution in [0.1, 0.15) is 17.3 Å². The Morgan fingerprint density at radius 1 is 1.50 bits per heavy atom. The van der Waals surface area contributed by atoms with Crippen molar-refractivity contribution in [3.8, 4) is 5.75 Å². The van der Waals surface area contributed by atoms with Crippen LogP contribution in [0.15, 0.2) is 18.2 Å². The number of Topliss-reactive ketones (excluding diaryl/α,β-unsaturated/α-hetero) is 1. The van der Waals surface area contributed by atoms with Crippen LogP contribution in [0.2, 0.25) is 0 Å². The molecule has 0 saturated carbocycles. The molecule has 6 nitrogen and oxygen atoms in total. The SMILES string of the molecule is CC1C(=O)NC(=O)CN1CC(=O)c1cc(F)ccc1O. The third-order valence-corrected chi connectivity index (χ3v) is 3.14. The summed E-state index contributed by atoms with van der Waals surface area (Å²) in [5, 5.41) is 11.7. The fourth-order valence-electron chi connectivity index (χ4n) is 1.96. The first-order valence-electron chi connectivity index (χ1n) is 5.98. The van der Waals surface area contributed by atoms with Crippen LogP contribution in [-0.2, 0) is 9.59 Å². The molecule has 0 bridgehead atoms. The number of hydrogen-bond donors (Lipinski definition) is 2. The molecule has 1 aliphatic heterocycles. The minimum atomic E-state index is -0.647. The summed E-state index contributed by atoms with van der Waals surface area (Å²) < 4.78 is 13.1. The first-order chi connectivity index (χ1) is 9.38.